The SMILES string of the molecule is O=C(CC1CCOCC1)C1CC2CCC1C2. The van der Waals surface area contributed by atoms with E-state index in [1.165, 1.54) is 25.7 Å². The molecule has 0 aromatic rings. The molecule has 2 saturated carbocycles. The number of rotatable bonds is 3. The van der Waals surface area contributed by atoms with E-state index in [1.54, 1.807) is 0 Å². The summed E-state index contributed by atoms with van der Waals surface area (Å²) in [5.41, 5.74) is 0. The van der Waals surface area contributed by atoms with E-state index in [4.69, 9.17) is 4.74 Å². The van der Waals surface area contributed by atoms with Crippen LogP contribution in [0.3, 0.4) is 0 Å². The molecule has 3 aliphatic rings. The zero-order valence-corrected chi connectivity index (χ0v) is 9.99. The van der Waals surface area contributed by atoms with Gasteiger partial charge in [-0.1, -0.05) is 6.42 Å². The molecular weight excluding hydrogens is 200 g/mol. The number of Topliss-reactive ketones (excluding diaryl/α,β-unsaturated/α-hetero) is 1. The van der Waals surface area contributed by atoms with Crippen molar-refractivity contribution in [3.63, 3.8) is 0 Å². The molecule has 1 saturated heterocycles. The Kier molecular flexibility index (Phi) is 3.01. The predicted molar refractivity (Wildman–Crippen MR) is 62.1 cm³/mol. The molecule has 1 aliphatic heterocycles. The van der Waals surface area contributed by atoms with Crippen molar-refractivity contribution < 1.29 is 9.53 Å². The zero-order valence-electron chi connectivity index (χ0n) is 9.99. The summed E-state index contributed by atoms with van der Waals surface area (Å²) >= 11 is 0. The van der Waals surface area contributed by atoms with Gasteiger partial charge in [-0.15, -0.1) is 0 Å². The van der Waals surface area contributed by atoms with Crippen molar-refractivity contribution in [1.82, 2.24) is 0 Å². The summed E-state index contributed by atoms with van der Waals surface area (Å²) in [6.45, 7) is 1.74. The predicted octanol–water partition coefficient (Wildman–Crippen LogP) is 2.81. The largest absolute Gasteiger partial charge is 0.381 e. The average molecular weight is 222 g/mol. The summed E-state index contributed by atoms with van der Waals surface area (Å²) in [7, 11) is 0. The first kappa shape index (κ1) is 10.8. The van der Waals surface area contributed by atoms with Gasteiger partial charge in [-0.3, -0.25) is 4.79 Å². The highest BCUT2D eigenvalue weighted by molar-refractivity contribution is 5.82. The van der Waals surface area contributed by atoms with Gasteiger partial charge in [0.25, 0.3) is 0 Å². The van der Waals surface area contributed by atoms with Gasteiger partial charge in [-0.25, -0.2) is 0 Å². The molecule has 0 spiro atoms. The summed E-state index contributed by atoms with van der Waals surface area (Å²) in [5, 5.41) is 0. The molecule has 0 amide bonds. The molecule has 3 atom stereocenters. The average Bonchev–Trinajstić information content (AvgIpc) is 2.92. The van der Waals surface area contributed by atoms with Gasteiger partial charge >= 0.3 is 0 Å². The first-order valence-electron chi connectivity index (χ1n) is 6.93. The third kappa shape index (κ3) is 2.04. The fraction of sp³-hybridized carbons (Fsp3) is 0.929. The first-order valence-corrected chi connectivity index (χ1v) is 6.93. The number of hydrogen-bond donors (Lipinski definition) is 0. The van der Waals surface area contributed by atoms with E-state index in [1.807, 2.05) is 0 Å². The van der Waals surface area contributed by atoms with Crippen molar-refractivity contribution >= 4 is 5.78 Å². The van der Waals surface area contributed by atoms with Gasteiger partial charge in [0, 0.05) is 25.6 Å². The second-order valence-corrected chi connectivity index (χ2v) is 6.01. The highest BCUT2D eigenvalue weighted by Crippen LogP contribution is 2.49. The fourth-order valence-electron chi connectivity index (χ4n) is 4.03. The molecule has 0 aromatic heterocycles. The Morgan fingerprint density at radius 3 is 2.50 bits per heavy atom. The van der Waals surface area contributed by atoms with Crippen LogP contribution in [0, 0.1) is 23.7 Å². The van der Waals surface area contributed by atoms with Gasteiger partial charge < -0.3 is 4.74 Å². The lowest BCUT2D eigenvalue weighted by Gasteiger charge is -2.25. The standard InChI is InChI=1S/C14H22O2/c15-14(9-10-3-5-16-6-4-10)13-8-11-1-2-12(13)7-11/h10-13H,1-9H2. The number of hydrogen-bond acceptors (Lipinski definition) is 2. The minimum Gasteiger partial charge on any atom is -0.381 e. The van der Waals surface area contributed by atoms with Crippen LogP contribution in [0.1, 0.15) is 44.9 Å². The van der Waals surface area contributed by atoms with Gasteiger partial charge in [-0.05, 0) is 49.9 Å². The van der Waals surface area contributed by atoms with Crippen LogP contribution in [-0.4, -0.2) is 19.0 Å². The van der Waals surface area contributed by atoms with Gasteiger partial charge in [0.2, 0.25) is 0 Å². The number of fused-ring (bicyclic) bond motifs is 2. The molecule has 0 N–H and O–H groups in total. The van der Waals surface area contributed by atoms with Gasteiger partial charge in [0.15, 0.2) is 0 Å². The topological polar surface area (TPSA) is 26.3 Å². The van der Waals surface area contributed by atoms with Crippen molar-refractivity contribution in [3.8, 4) is 0 Å². The molecule has 16 heavy (non-hydrogen) atoms. The Morgan fingerprint density at radius 2 is 1.88 bits per heavy atom. The maximum atomic E-state index is 12.3. The fourth-order valence-corrected chi connectivity index (χ4v) is 4.03. The van der Waals surface area contributed by atoms with Crippen LogP contribution in [-0.2, 0) is 9.53 Å². The van der Waals surface area contributed by atoms with Crippen molar-refractivity contribution in [1.29, 1.82) is 0 Å². The smallest absolute Gasteiger partial charge is 0.136 e. The first-order chi connectivity index (χ1) is 7.83. The van der Waals surface area contributed by atoms with Gasteiger partial charge in [-0.2, -0.15) is 0 Å². The molecule has 1 heterocycles. The Hall–Kier alpha value is -0.370. The molecule has 90 valence electrons. The quantitative estimate of drug-likeness (QED) is 0.734. The van der Waals surface area contributed by atoms with E-state index in [2.05, 4.69) is 0 Å². The van der Waals surface area contributed by atoms with Gasteiger partial charge in [0.1, 0.15) is 5.78 Å². The van der Waals surface area contributed by atoms with Crippen LogP contribution in [0.5, 0.6) is 0 Å². The molecule has 3 fully saturated rings. The van der Waals surface area contributed by atoms with E-state index in [0.717, 1.165) is 44.3 Å². The maximum absolute atomic E-state index is 12.3. The Bertz CT molecular complexity index is 268. The minimum atomic E-state index is 0.446. The van der Waals surface area contributed by atoms with Gasteiger partial charge in [0.05, 0.1) is 0 Å². The van der Waals surface area contributed by atoms with Crippen LogP contribution in [0.2, 0.25) is 0 Å². The number of ether oxygens (including phenoxy) is 1. The molecule has 2 aliphatic carbocycles. The van der Waals surface area contributed by atoms with E-state index in [0.29, 0.717) is 17.6 Å². The maximum Gasteiger partial charge on any atom is 0.136 e. The summed E-state index contributed by atoms with van der Waals surface area (Å²) in [4.78, 5) is 12.3. The highest BCUT2D eigenvalue weighted by atomic mass is 16.5. The summed E-state index contributed by atoms with van der Waals surface area (Å²) in [6.07, 6.45) is 8.34. The van der Waals surface area contributed by atoms with E-state index in [9.17, 15) is 4.79 Å². The lowest BCUT2D eigenvalue weighted by molar-refractivity contribution is -0.126. The highest BCUT2D eigenvalue weighted by Gasteiger charge is 2.42. The molecule has 3 rings (SSSR count). The van der Waals surface area contributed by atoms with E-state index < -0.39 is 0 Å². The normalized spacial score (nSPS) is 39.1. The summed E-state index contributed by atoms with van der Waals surface area (Å²) in [6, 6.07) is 0. The van der Waals surface area contributed by atoms with E-state index in [-0.39, 0.29) is 0 Å². The number of ketones is 1. The number of carbonyl (C=O) groups is 1. The Labute approximate surface area is 97.7 Å². The molecule has 2 bridgehead atoms. The third-order valence-electron chi connectivity index (χ3n) is 4.98. The monoisotopic (exact) mass is 222 g/mol. The van der Waals surface area contributed by atoms with Crippen molar-refractivity contribution in [2.75, 3.05) is 13.2 Å². The van der Waals surface area contributed by atoms with E-state index >= 15 is 0 Å². The molecular formula is C14H22O2. The second-order valence-electron chi connectivity index (χ2n) is 6.01. The van der Waals surface area contributed by atoms with Crippen LogP contribution >= 0.6 is 0 Å². The van der Waals surface area contributed by atoms with Crippen LogP contribution in [0.25, 0.3) is 0 Å². The molecule has 3 unspecified atom stereocenters. The lowest BCUT2D eigenvalue weighted by Crippen LogP contribution is -2.25. The lowest BCUT2D eigenvalue weighted by atomic mass is 9.81. The van der Waals surface area contributed by atoms with Crippen LogP contribution < -0.4 is 0 Å². The van der Waals surface area contributed by atoms with Crippen molar-refractivity contribution in [2.24, 2.45) is 23.7 Å². The molecule has 2 nitrogen and oxygen atoms in total. The van der Waals surface area contributed by atoms with Crippen molar-refractivity contribution in [2.45, 2.75) is 44.9 Å². The second kappa shape index (κ2) is 4.48. The molecule has 0 aromatic carbocycles. The summed E-state index contributed by atoms with van der Waals surface area (Å²) < 4.78 is 5.34. The molecule has 2 heteroatoms. The Balaban J connectivity index is 1.53. The zero-order chi connectivity index (χ0) is 11.0. The van der Waals surface area contributed by atoms with Crippen LogP contribution in [0.4, 0.5) is 0 Å². The number of carbonyl (C=O) groups excluding carboxylic acids is 1. The molecule has 0 radical (unpaired) electrons. The third-order valence-corrected chi connectivity index (χ3v) is 4.98. The minimum absolute atomic E-state index is 0.446. The summed E-state index contributed by atoms with van der Waals surface area (Å²) in [5.74, 6) is 3.31. The van der Waals surface area contributed by atoms with Crippen LogP contribution in [0.15, 0.2) is 0 Å². The van der Waals surface area contributed by atoms with Crippen molar-refractivity contribution in [3.05, 3.63) is 0 Å². The Morgan fingerprint density at radius 1 is 1.06 bits per heavy atom.